The molecule has 0 saturated carbocycles. The van der Waals surface area contributed by atoms with E-state index in [1.54, 1.807) is 36.4 Å². The maximum absolute atomic E-state index is 13.1. The predicted molar refractivity (Wildman–Crippen MR) is 123 cm³/mol. The number of nitrogens with zero attached hydrogens (tertiary/aromatic N) is 2. The third-order valence-corrected chi connectivity index (χ3v) is 5.98. The Balaban J connectivity index is 2.13. The first kappa shape index (κ1) is 23.6. The van der Waals surface area contributed by atoms with Gasteiger partial charge in [0.05, 0.1) is 18.7 Å². The van der Waals surface area contributed by atoms with Gasteiger partial charge in [-0.25, -0.2) is 0 Å². The fourth-order valence-corrected chi connectivity index (χ4v) is 4.00. The van der Waals surface area contributed by atoms with Gasteiger partial charge in [-0.2, -0.15) is 0 Å². The van der Waals surface area contributed by atoms with E-state index in [2.05, 4.69) is 4.90 Å². The molecule has 0 aromatic heterocycles. The number of rotatable bonds is 8. The minimum atomic E-state index is -0.823. The van der Waals surface area contributed by atoms with Crippen LogP contribution in [0, 0.1) is 0 Å². The normalized spacial score (nSPS) is 17.9. The van der Waals surface area contributed by atoms with Gasteiger partial charge in [-0.05, 0) is 55.1 Å². The molecule has 1 atom stereocenters. The summed E-state index contributed by atoms with van der Waals surface area (Å²) in [6, 6.07) is 10.2. The van der Waals surface area contributed by atoms with Crippen molar-refractivity contribution < 1.29 is 24.5 Å². The van der Waals surface area contributed by atoms with Crippen LogP contribution in [0.5, 0.6) is 11.5 Å². The molecule has 0 bridgehead atoms. The molecule has 2 aromatic carbocycles. The van der Waals surface area contributed by atoms with Crippen molar-refractivity contribution in [1.29, 1.82) is 0 Å². The Morgan fingerprint density at radius 2 is 1.78 bits per heavy atom. The highest BCUT2D eigenvalue weighted by Crippen LogP contribution is 2.41. The number of amides is 1. The molecular weight excluding hydrogens is 432 g/mol. The zero-order valence-electron chi connectivity index (χ0n) is 18.3. The summed E-state index contributed by atoms with van der Waals surface area (Å²) in [5.74, 6) is -1.56. The first-order valence-electron chi connectivity index (χ1n) is 10.5. The van der Waals surface area contributed by atoms with Crippen molar-refractivity contribution in [3.8, 4) is 11.5 Å². The van der Waals surface area contributed by atoms with Crippen LogP contribution < -0.4 is 4.74 Å². The highest BCUT2D eigenvalue weighted by molar-refractivity contribution is 6.46. The van der Waals surface area contributed by atoms with Crippen LogP contribution in [0.2, 0.25) is 5.02 Å². The summed E-state index contributed by atoms with van der Waals surface area (Å²) < 4.78 is 5.22. The molecule has 0 aliphatic carbocycles. The van der Waals surface area contributed by atoms with Crippen LogP contribution in [0.15, 0.2) is 48.0 Å². The van der Waals surface area contributed by atoms with Crippen LogP contribution in [0.1, 0.15) is 31.0 Å². The number of aliphatic hydroxyl groups is 1. The standard InChI is InChI=1S/C24H27ClN2O5/c1-4-26(5-2)12-13-27-21(16-8-11-18(28)19(14-16)32-3)20(23(30)24(27)31)22(29)15-6-9-17(25)10-7-15/h6-11,14,21,28-29H,4-5,12-13H2,1-3H3/t21-/m0/s1. The van der Waals surface area contributed by atoms with E-state index in [4.69, 9.17) is 16.3 Å². The van der Waals surface area contributed by atoms with Crippen molar-refractivity contribution in [1.82, 2.24) is 9.80 Å². The molecular formula is C24H27ClN2O5. The number of phenols is 1. The zero-order valence-corrected chi connectivity index (χ0v) is 19.1. The lowest BCUT2D eigenvalue weighted by Crippen LogP contribution is -2.38. The van der Waals surface area contributed by atoms with Gasteiger partial charge in [0.2, 0.25) is 0 Å². The van der Waals surface area contributed by atoms with E-state index in [9.17, 15) is 19.8 Å². The molecule has 1 heterocycles. The number of methoxy groups -OCH3 is 1. The molecule has 0 unspecified atom stereocenters. The number of hydrogen-bond donors (Lipinski definition) is 2. The number of ether oxygens (including phenoxy) is 1. The molecule has 1 saturated heterocycles. The van der Waals surface area contributed by atoms with Crippen molar-refractivity contribution in [3.63, 3.8) is 0 Å². The number of likely N-dealkylation sites (N-methyl/N-ethyl adjacent to an activating group) is 1. The second-order valence-electron chi connectivity index (χ2n) is 7.46. The molecule has 3 rings (SSSR count). The number of phenolic OH excluding ortho intramolecular Hbond substituents is 1. The van der Waals surface area contributed by atoms with Gasteiger partial charge < -0.3 is 24.7 Å². The summed E-state index contributed by atoms with van der Waals surface area (Å²) in [5.41, 5.74) is 0.922. The van der Waals surface area contributed by atoms with Gasteiger partial charge in [0, 0.05) is 23.7 Å². The zero-order chi connectivity index (χ0) is 23.4. The van der Waals surface area contributed by atoms with E-state index in [1.807, 2.05) is 13.8 Å². The maximum atomic E-state index is 13.1. The Morgan fingerprint density at radius 3 is 2.38 bits per heavy atom. The van der Waals surface area contributed by atoms with Crippen LogP contribution in [0.3, 0.4) is 0 Å². The van der Waals surface area contributed by atoms with Gasteiger partial charge >= 0.3 is 0 Å². The number of aliphatic hydroxyl groups excluding tert-OH is 1. The van der Waals surface area contributed by atoms with E-state index in [0.717, 1.165) is 13.1 Å². The second-order valence-corrected chi connectivity index (χ2v) is 7.89. The van der Waals surface area contributed by atoms with Crippen LogP contribution in [-0.2, 0) is 9.59 Å². The fourth-order valence-electron chi connectivity index (χ4n) is 3.87. The predicted octanol–water partition coefficient (Wildman–Crippen LogP) is 3.82. The molecule has 8 heteroatoms. The number of carbonyl (C=O) groups excluding carboxylic acids is 2. The van der Waals surface area contributed by atoms with Gasteiger partial charge in [0.25, 0.3) is 11.7 Å². The number of Topliss-reactive ketones (excluding diaryl/α,β-unsaturated/α-hetero) is 1. The minimum Gasteiger partial charge on any atom is -0.507 e. The highest BCUT2D eigenvalue weighted by Gasteiger charge is 2.46. The first-order chi connectivity index (χ1) is 15.3. The molecule has 0 radical (unpaired) electrons. The van der Waals surface area contributed by atoms with Gasteiger partial charge in [-0.1, -0.05) is 31.5 Å². The van der Waals surface area contributed by atoms with E-state index in [-0.39, 0.29) is 22.8 Å². The second kappa shape index (κ2) is 10.1. The van der Waals surface area contributed by atoms with Crippen LogP contribution >= 0.6 is 11.6 Å². The maximum Gasteiger partial charge on any atom is 0.295 e. The SMILES string of the molecule is CCN(CC)CCN1C(=O)C(=O)C(=C(O)c2ccc(Cl)cc2)[C@@H]1c1ccc(O)c(OC)c1. The van der Waals surface area contributed by atoms with E-state index in [0.29, 0.717) is 29.2 Å². The molecule has 1 aliphatic rings. The Bertz CT molecular complexity index is 1030. The number of likely N-dealkylation sites (tertiary alicyclic amines) is 1. The highest BCUT2D eigenvalue weighted by atomic mass is 35.5. The summed E-state index contributed by atoms with van der Waals surface area (Å²) >= 11 is 5.95. The number of hydrogen-bond acceptors (Lipinski definition) is 6. The van der Waals surface area contributed by atoms with E-state index < -0.39 is 17.7 Å². The van der Waals surface area contributed by atoms with Gasteiger partial charge in [0.15, 0.2) is 11.5 Å². The molecule has 170 valence electrons. The smallest absolute Gasteiger partial charge is 0.295 e. The molecule has 7 nitrogen and oxygen atoms in total. The summed E-state index contributed by atoms with van der Waals surface area (Å²) in [5, 5.41) is 21.5. The number of halogens is 1. The number of carbonyl (C=O) groups is 2. The average molecular weight is 459 g/mol. The lowest BCUT2D eigenvalue weighted by atomic mass is 9.95. The lowest BCUT2D eigenvalue weighted by molar-refractivity contribution is -0.140. The summed E-state index contributed by atoms with van der Waals surface area (Å²) in [7, 11) is 1.42. The quantitative estimate of drug-likeness (QED) is 0.355. The number of benzene rings is 2. The Kier molecular flexibility index (Phi) is 7.43. The van der Waals surface area contributed by atoms with E-state index >= 15 is 0 Å². The molecule has 0 spiro atoms. The van der Waals surface area contributed by atoms with Crippen molar-refractivity contribution in [3.05, 3.63) is 64.2 Å². The van der Waals surface area contributed by atoms with Crippen molar-refractivity contribution in [2.24, 2.45) is 0 Å². The van der Waals surface area contributed by atoms with E-state index in [1.165, 1.54) is 18.1 Å². The molecule has 1 fully saturated rings. The van der Waals surface area contributed by atoms with Crippen LogP contribution in [0.25, 0.3) is 5.76 Å². The lowest BCUT2D eigenvalue weighted by Gasteiger charge is -2.28. The van der Waals surface area contributed by atoms with Gasteiger partial charge in [-0.15, -0.1) is 0 Å². The summed E-state index contributed by atoms with van der Waals surface area (Å²) in [4.78, 5) is 29.7. The average Bonchev–Trinajstić information content (AvgIpc) is 3.05. The molecule has 2 aromatic rings. The topological polar surface area (TPSA) is 90.3 Å². The van der Waals surface area contributed by atoms with Gasteiger partial charge in [0.1, 0.15) is 5.76 Å². The molecule has 1 aliphatic heterocycles. The Morgan fingerprint density at radius 1 is 1.12 bits per heavy atom. The van der Waals surface area contributed by atoms with Gasteiger partial charge in [-0.3, -0.25) is 9.59 Å². The van der Waals surface area contributed by atoms with Crippen LogP contribution in [-0.4, -0.2) is 65.0 Å². The molecule has 32 heavy (non-hydrogen) atoms. The largest absolute Gasteiger partial charge is 0.507 e. The van der Waals surface area contributed by atoms with Crippen LogP contribution in [0.4, 0.5) is 0 Å². The van der Waals surface area contributed by atoms with Crippen molar-refractivity contribution in [2.75, 3.05) is 33.3 Å². The molecule has 2 N–H and O–H groups in total. The number of aromatic hydroxyl groups is 1. The Labute approximate surface area is 192 Å². The fraction of sp³-hybridized carbons (Fsp3) is 0.333. The minimum absolute atomic E-state index is 0.00962. The summed E-state index contributed by atoms with van der Waals surface area (Å²) in [6.07, 6.45) is 0. The third-order valence-electron chi connectivity index (χ3n) is 5.73. The van der Waals surface area contributed by atoms with Crippen molar-refractivity contribution >= 4 is 29.1 Å². The Hall–Kier alpha value is -3.03. The first-order valence-corrected chi connectivity index (χ1v) is 10.8. The molecule has 1 amide bonds. The third kappa shape index (κ3) is 4.59. The van der Waals surface area contributed by atoms with Crippen molar-refractivity contribution in [2.45, 2.75) is 19.9 Å². The monoisotopic (exact) mass is 458 g/mol. The summed E-state index contributed by atoms with van der Waals surface area (Å²) in [6.45, 7) is 6.55. The number of ketones is 1.